The summed E-state index contributed by atoms with van der Waals surface area (Å²) in [6.07, 6.45) is 6.09. The molecule has 1 N–H and O–H groups in total. The van der Waals surface area contributed by atoms with Gasteiger partial charge in [-0.25, -0.2) is 0 Å². The van der Waals surface area contributed by atoms with Crippen LogP contribution in [0.1, 0.15) is 35.4 Å². The van der Waals surface area contributed by atoms with Crippen LogP contribution in [0.25, 0.3) is 0 Å². The Kier molecular flexibility index (Phi) is 6.80. The summed E-state index contributed by atoms with van der Waals surface area (Å²) >= 11 is 0. The van der Waals surface area contributed by atoms with Gasteiger partial charge in [-0.05, 0) is 56.0 Å². The quantitative estimate of drug-likeness (QED) is 0.770. The summed E-state index contributed by atoms with van der Waals surface area (Å²) < 4.78 is 5.10. The fourth-order valence-corrected chi connectivity index (χ4v) is 4.17. The van der Waals surface area contributed by atoms with E-state index in [4.69, 9.17) is 4.42 Å². The topological polar surface area (TPSA) is 48.7 Å². The van der Waals surface area contributed by atoms with Crippen molar-refractivity contribution < 1.29 is 9.21 Å². The van der Waals surface area contributed by atoms with Gasteiger partial charge in [-0.1, -0.05) is 18.2 Å². The van der Waals surface area contributed by atoms with Crippen molar-refractivity contribution in [3.8, 4) is 0 Å². The molecule has 1 fully saturated rings. The molecule has 3 heterocycles. The molecule has 0 aliphatic carbocycles. The number of nitrogens with one attached hydrogen (secondary N) is 1. The van der Waals surface area contributed by atoms with E-state index in [0.717, 1.165) is 39.0 Å². The van der Waals surface area contributed by atoms with Crippen molar-refractivity contribution in [2.45, 2.75) is 31.7 Å². The van der Waals surface area contributed by atoms with Gasteiger partial charge in [0.25, 0.3) is 5.91 Å². The molecular formula is C21H28ClN3O2. The first kappa shape index (κ1) is 19.8. The predicted octanol–water partition coefficient (Wildman–Crippen LogP) is 3.35. The Morgan fingerprint density at radius 1 is 1.15 bits per heavy atom. The molecule has 0 radical (unpaired) electrons. The molecule has 27 heavy (non-hydrogen) atoms. The lowest BCUT2D eigenvalue weighted by atomic mass is 9.94. The van der Waals surface area contributed by atoms with Crippen LogP contribution in [-0.4, -0.2) is 49.6 Å². The minimum absolute atomic E-state index is 0. The average molecular weight is 390 g/mol. The summed E-state index contributed by atoms with van der Waals surface area (Å²) in [4.78, 5) is 17.0. The minimum atomic E-state index is -0.121. The number of aryl methyl sites for hydroxylation is 1. The van der Waals surface area contributed by atoms with Crippen LogP contribution in [0.15, 0.2) is 47.1 Å². The SMILES string of the molecule is Cl.O=C(NCCCCN1CCN2c3ccccc3CCC2C1)c1ccco1. The highest BCUT2D eigenvalue weighted by Gasteiger charge is 2.30. The Hall–Kier alpha value is -1.98. The van der Waals surface area contributed by atoms with Gasteiger partial charge in [0.2, 0.25) is 0 Å². The van der Waals surface area contributed by atoms with Crippen LogP contribution < -0.4 is 10.2 Å². The molecule has 1 atom stereocenters. The molecule has 2 aromatic rings. The van der Waals surface area contributed by atoms with Gasteiger partial charge in [-0.15, -0.1) is 12.4 Å². The van der Waals surface area contributed by atoms with E-state index >= 15 is 0 Å². The monoisotopic (exact) mass is 389 g/mol. The average Bonchev–Trinajstić information content (AvgIpc) is 3.22. The molecule has 0 saturated carbocycles. The van der Waals surface area contributed by atoms with Gasteiger partial charge in [0, 0.05) is 37.9 Å². The van der Waals surface area contributed by atoms with E-state index in [1.165, 1.54) is 30.4 Å². The summed E-state index contributed by atoms with van der Waals surface area (Å²) in [5.41, 5.74) is 2.95. The third kappa shape index (κ3) is 4.66. The van der Waals surface area contributed by atoms with E-state index in [1.807, 2.05) is 0 Å². The van der Waals surface area contributed by atoms with E-state index < -0.39 is 0 Å². The molecule has 0 spiro atoms. The Bertz CT molecular complexity index is 735. The van der Waals surface area contributed by atoms with Crippen molar-refractivity contribution in [2.24, 2.45) is 0 Å². The van der Waals surface area contributed by atoms with Crippen molar-refractivity contribution >= 4 is 24.0 Å². The van der Waals surface area contributed by atoms with Crippen LogP contribution in [0, 0.1) is 0 Å². The molecule has 2 aliphatic rings. The van der Waals surface area contributed by atoms with E-state index in [2.05, 4.69) is 39.4 Å². The maximum Gasteiger partial charge on any atom is 0.286 e. The molecule has 2 aliphatic heterocycles. The Labute approximate surface area is 167 Å². The number of unbranched alkanes of at least 4 members (excludes halogenated alkanes) is 1. The van der Waals surface area contributed by atoms with Crippen LogP contribution >= 0.6 is 12.4 Å². The summed E-state index contributed by atoms with van der Waals surface area (Å²) in [7, 11) is 0. The highest BCUT2D eigenvalue weighted by Crippen LogP contribution is 2.32. The van der Waals surface area contributed by atoms with E-state index in [1.54, 1.807) is 12.1 Å². The van der Waals surface area contributed by atoms with Gasteiger partial charge in [0.05, 0.1) is 6.26 Å². The number of piperazine rings is 1. The highest BCUT2D eigenvalue weighted by molar-refractivity contribution is 5.91. The molecular weight excluding hydrogens is 362 g/mol. The Morgan fingerprint density at radius 3 is 2.89 bits per heavy atom. The number of nitrogens with zero attached hydrogens (tertiary/aromatic N) is 2. The van der Waals surface area contributed by atoms with Gasteiger partial charge >= 0.3 is 0 Å². The molecule has 1 unspecified atom stereocenters. The zero-order chi connectivity index (χ0) is 17.8. The number of hydrogen-bond donors (Lipinski definition) is 1. The molecule has 1 saturated heterocycles. The lowest BCUT2D eigenvalue weighted by Crippen LogP contribution is -2.55. The number of furan rings is 1. The van der Waals surface area contributed by atoms with Gasteiger partial charge in [-0.2, -0.15) is 0 Å². The maximum atomic E-state index is 11.8. The van der Waals surface area contributed by atoms with Crippen molar-refractivity contribution in [3.05, 3.63) is 54.0 Å². The second-order valence-electron chi connectivity index (χ2n) is 7.26. The second-order valence-corrected chi connectivity index (χ2v) is 7.26. The number of fused-ring (bicyclic) bond motifs is 3. The van der Waals surface area contributed by atoms with Crippen LogP contribution in [0.4, 0.5) is 5.69 Å². The summed E-state index contributed by atoms with van der Waals surface area (Å²) in [6, 6.07) is 12.9. The second kappa shape index (κ2) is 9.29. The standard InChI is InChI=1S/C21H27N3O2.ClH/c25-21(20-8-5-15-26-20)22-11-3-4-12-23-13-14-24-18(16-23)10-9-17-6-1-2-7-19(17)24;/h1-2,5-8,15,18H,3-4,9-14,16H2,(H,22,25);1H. The van der Waals surface area contributed by atoms with Gasteiger partial charge in [-0.3, -0.25) is 9.69 Å². The summed E-state index contributed by atoms with van der Waals surface area (Å²) in [5, 5.41) is 2.92. The van der Waals surface area contributed by atoms with Crippen LogP contribution in [0.3, 0.4) is 0 Å². The van der Waals surface area contributed by atoms with Gasteiger partial charge in [0.15, 0.2) is 5.76 Å². The van der Waals surface area contributed by atoms with Crippen molar-refractivity contribution in [2.75, 3.05) is 37.6 Å². The molecule has 1 aromatic carbocycles. The number of halogens is 1. The van der Waals surface area contributed by atoms with E-state index in [-0.39, 0.29) is 18.3 Å². The van der Waals surface area contributed by atoms with Crippen LogP contribution in [0.2, 0.25) is 0 Å². The van der Waals surface area contributed by atoms with Gasteiger partial charge < -0.3 is 14.6 Å². The molecule has 4 rings (SSSR count). The first-order chi connectivity index (χ1) is 12.8. The number of para-hydroxylation sites is 1. The van der Waals surface area contributed by atoms with E-state index in [0.29, 0.717) is 18.3 Å². The third-order valence-corrected chi connectivity index (χ3v) is 5.55. The van der Waals surface area contributed by atoms with Crippen LogP contribution in [0.5, 0.6) is 0 Å². The van der Waals surface area contributed by atoms with Crippen LogP contribution in [-0.2, 0) is 6.42 Å². The largest absolute Gasteiger partial charge is 0.459 e. The fraction of sp³-hybridized carbons (Fsp3) is 0.476. The Balaban J connectivity index is 0.00000210. The van der Waals surface area contributed by atoms with Gasteiger partial charge in [0.1, 0.15) is 0 Å². The first-order valence-electron chi connectivity index (χ1n) is 9.70. The third-order valence-electron chi connectivity index (χ3n) is 5.55. The normalized spacial score (nSPS) is 19.0. The minimum Gasteiger partial charge on any atom is -0.459 e. The number of amides is 1. The smallest absolute Gasteiger partial charge is 0.286 e. The number of rotatable bonds is 6. The predicted molar refractivity (Wildman–Crippen MR) is 110 cm³/mol. The number of carbonyl (C=O) groups excluding carboxylic acids is 1. The summed E-state index contributed by atoms with van der Waals surface area (Å²) in [5.74, 6) is 0.267. The van der Waals surface area contributed by atoms with Crippen molar-refractivity contribution in [1.82, 2.24) is 10.2 Å². The zero-order valence-electron chi connectivity index (χ0n) is 15.6. The molecule has 6 heteroatoms. The fourth-order valence-electron chi connectivity index (χ4n) is 4.17. The number of anilines is 1. The number of benzene rings is 1. The molecule has 0 bridgehead atoms. The molecule has 1 amide bonds. The van der Waals surface area contributed by atoms with Crippen molar-refractivity contribution in [3.63, 3.8) is 0 Å². The maximum absolute atomic E-state index is 11.8. The van der Waals surface area contributed by atoms with Crippen molar-refractivity contribution in [1.29, 1.82) is 0 Å². The Morgan fingerprint density at radius 2 is 2.04 bits per heavy atom. The lowest BCUT2D eigenvalue weighted by molar-refractivity contribution is 0.0924. The number of hydrogen-bond acceptors (Lipinski definition) is 4. The number of carbonyl (C=O) groups is 1. The highest BCUT2D eigenvalue weighted by atomic mass is 35.5. The lowest BCUT2D eigenvalue weighted by Gasteiger charge is -2.46. The molecule has 146 valence electrons. The van der Waals surface area contributed by atoms with E-state index in [9.17, 15) is 4.79 Å². The molecule has 5 nitrogen and oxygen atoms in total. The molecule has 1 aromatic heterocycles. The summed E-state index contributed by atoms with van der Waals surface area (Å²) in [6.45, 7) is 5.23. The first-order valence-corrected chi connectivity index (χ1v) is 9.70. The zero-order valence-corrected chi connectivity index (χ0v) is 16.4.